The van der Waals surface area contributed by atoms with Crippen LogP contribution < -0.4 is 10.6 Å². The second-order valence-electron chi connectivity index (χ2n) is 5.34. The van der Waals surface area contributed by atoms with Crippen LogP contribution in [0, 0.1) is 13.8 Å². The standard InChI is InChI=1S/C17H14BrN3OS2/c1-9-7-10(2)14-13(8-9)24-17(19-14)21-16(23)20-15(22)11-5-3-4-6-12(11)18/h3-8H,1-2H3,(H2,19,20,21,22,23). The van der Waals surface area contributed by atoms with E-state index in [9.17, 15) is 4.79 Å². The smallest absolute Gasteiger partial charge is 0.258 e. The minimum atomic E-state index is -0.270. The highest BCUT2D eigenvalue weighted by Crippen LogP contribution is 2.29. The summed E-state index contributed by atoms with van der Waals surface area (Å²) >= 11 is 10.1. The first-order chi connectivity index (χ1) is 11.4. The molecule has 122 valence electrons. The summed E-state index contributed by atoms with van der Waals surface area (Å²) in [4.78, 5) is 16.8. The van der Waals surface area contributed by atoms with E-state index in [2.05, 4.69) is 50.6 Å². The summed E-state index contributed by atoms with van der Waals surface area (Å²) in [7, 11) is 0. The third-order valence-corrected chi connectivity index (χ3v) is 5.21. The highest BCUT2D eigenvalue weighted by Gasteiger charge is 2.13. The molecule has 0 fully saturated rings. The number of aromatic nitrogens is 1. The van der Waals surface area contributed by atoms with E-state index >= 15 is 0 Å². The molecule has 1 heterocycles. The molecular formula is C17H14BrN3OS2. The van der Waals surface area contributed by atoms with E-state index in [0.717, 1.165) is 20.3 Å². The molecule has 0 radical (unpaired) electrons. The number of nitrogens with one attached hydrogen (secondary N) is 2. The minimum absolute atomic E-state index is 0.226. The first kappa shape index (κ1) is 17.0. The van der Waals surface area contributed by atoms with Gasteiger partial charge in [-0.3, -0.25) is 10.1 Å². The van der Waals surface area contributed by atoms with Crippen LogP contribution in [0.3, 0.4) is 0 Å². The largest absolute Gasteiger partial charge is 0.308 e. The normalized spacial score (nSPS) is 10.6. The Hall–Kier alpha value is -1.83. The number of thiocarbonyl (C=S) groups is 1. The number of benzene rings is 2. The van der Waals surface area contributed by atoms with E-state index in [0.29, 0.717) is 10.7 Å². The second-order valence-corrected chi connectivity index (χ2v) is 7.63. The average molecular weight is 420 g/mol. The van der Waals surface area contributed by atoms with Crippen LogP contribution in [-0.2, 0) is 0 Å². The molecule has 0 unspecified atom stereocenters. The summed E-state index contributed by atoms with van der Waals surface area (Å²) in [6, 6.07) is 11.4. The molecule has 1 aromatic heterocycles. The van der Waals surface area contributed by atoms with Crippen LogP contribution in [0.2, 0.25) is 0 Å². The maximum Gasteiger partial charge on any atom is 0.258 e. The van der Waals surface area contributed by atoms with Gasteiger partial charge in [-0.25, -0.2) is 4.98 Å². The zero-order valence-electron chi connectivity index (χ0n) is 13.0. The van der Waals surface area contributed by atoms with Crippen molar-refractivity contribution in [3.05, 3.63) is 57.6 Å². The maximum absolute atomic E-state index is 12.3. The SMILES string of the molecule is Cc1cc(C)c2nc(NC(=S)NC(=O)c3ccccc3Br)sc2c1. The fourth-order valence-corrected chi connectivity index (χ4v) is 4.13. The lowest BCUT2D eigenvalue weighted by atomic mass is 10.1. The third-order valence-electron chi connectivity index (χ3n) is 3.40. The van der Waals surface area contributed by atoms with Crippen molar-refractivity contribution in [1.29, 1.82) is 0 Å². The van der Waals surface area contributed by atoms with Gasteiger partial charge >= 0.3 is 0 Å². The van der Waals surface area contributed by atoms with Gasteiger partial charge < -0.3 is 5.32 Å². The molecule has 0 saturated heterocycles. The van der Waals surface area contributed by atoms with Gasteiger partial charge in [0.1, 0.15) is 0 Å². The van der Waals surface area contributed by atoms with Gasteiger partial charge in [0.2, 0.25) is 0 Å². The first-order valence-corrected chi connectivity index (χ1v) is 9.20. The molecule has 24 heavy (non-hydrogen) atoms. The van der Waals surface area contributed by atoms with Crippen LogP contribution >= 0.6 is 39.5 Å². The van der Waals surface area contributed by atoms with Crippen LogP contribution in [-0.4, -0.2) is 16.0 Å². The molecule has 0 atom stereocenters. The summed E-state index contributed by atoms with van der Waals surface area (Å²) < 4.78 is 1.81. The van der Waals surface area contributed by atoms with E-state index in [1.54, 1.807) is 12.1 Å². The van der Waals surface area contributed by atoms with E-state index < -0.39 is 0 Å². The highest BCUT2D eigenvalue weighted by atomic mass is 79.9. The number of aryl methyl sites for hydroxylation is 2. The summed E-state index contributed by atoms with van der Waals surface area (Å²) in [6.45, 7) is 4.09. The Kier molecular flexibility index (Phi) is 4.93. The monoisotopic (exact) mass is 419 g/mol. The molecule has 0 spiro atoms. The molecule has 4 nitrogen and oxygen atoms in total. The molecule has 2 N–H and O–H groups in total. The summed E-state index contributed by atoms with van der Waals surface area (Å²) in [5, 5.41) is 6.55. The fraction of sp³-hybridized carbons (Fsp3) is 0.118. The average Bonchev–Trinajstić information content (AvgIpc) is 2.89. The number of carbonyl (C=O) groups excluding carboxylic acids is 1. The van der Waals surface area contributed by atoms with E-state index in [-0.39, 0.29) is 11.0 Å². The Morgan fingerprint density at radius 1 is 1.25 bits per heavy atom. The Morgan fingerprint density at radius 2 is 2.00 bits per heavy atom. The lowest BCUT2D eigenvalue weighted by Gasteiger charge is -2.08. The number of fused-ring (bicyclic) bond motifs is 1. The van der Waals surface area contributed by atoms with Gasteiger partial charge in [0.25, 0.3) is 5.91 Å². The third kappa shape index (κ3) is 3.63. The number of hydrogen-bond acceptors (Lipinski definition) is 4. The zero-order valence-corrected chi connectivity index (χ0v) is 16.2. The summed E-state index contributed by atoms with van der Waals surface area (Å²) in [5.74, 6) is -0.270. The Bertz CT molecular complexity index is 952. The number of nitrogens with zero attached hydrogens (tertiary/aromatic N) is 1. The molecule has 3 aromatic rings. The number of amides is 1. The van der Waals surface area contributed by atoms with Crippen molar-refractivity contribution in [2.75, 3.05) is 5.32 Å². The Balaban J connectivity index is 1.74. The predicted molar refractivity (Wildman–Crippen MR) is 107 cm³/mol. The number of hydrogen-bond donors (Lipinski definition) is 2. The van der Waals surface area contributed by atoms with Gasteiger partial charge in [0, 0.05) is 4.47 Å². The second kappa shape index (κ2) is 6.96. The van der Waals surface area contributed by atoms with Crippen LogP contribution in [0.15, 0.2) is 40.9 Å². The van der Waals surface area contributed by atoms with E-state index in [4.69, 9.17) is 12.2 Å². The molecule has 0 aliphatic carbocycles. The van der Waals surface area contributed by atoms with Gasteiger partial charge in [-0.2, -0.15) is 0 Å². The van der Waals surface area contributed by atoms with Gasteiger partial charge in [0.05, 0.1) is 15.8 Å². The van der Waals surface area contributed by atoms with Crippen LogP contribution in [0.4, 0.5) is 5.13 Å². The molecule has 0 aliphatic heterocycles. The van der Waals surface area contributed by atoms with Crippen LogP contribution in [0.5, 0.6) is 0 Å². The predicted octanol–water partition coefficient (Wildman–Crippen LogP) is 4.80. The summed E-state index contributed by atoms with van der Waals surface area (Å²) in [5.41, 5.74) is 3.79. The van der Waals surface area contributed by atoms with Crippen molar-refractivity contribution >= 4 is 65.9 Å². The van der Waals surface area contributed by atoms with Crippen molar-refractivity contribution in [3.63, 3.8) is 0 Å². The van der Waals surface area contributed by atoms with E-state index in [1.165, 1.54) is 16.9 Å². The first-order valence-electron chi connectivity index (χ1n) is 7.18. The number of thiazole rings is 1. The molecule has 3 rings (SSSR count). The lowest BCUT2D eigenvalue weighted by Crippen LogP contribution is -2.34. The van der Waals surface area contributed by atoms with Gasteiger partial charge in [0.15, 0.2) is 10.2 Å². The Morgan fingerprint density at radius 3 is 2.75 bits per heavy atom. The highest BCUT2D eigenvalue weighted by molar-refractivity contribution is 9.10. The lowest BCUT2D eigenvalue weighted by molar-refractivity contribution is 0.0977. The zero-order chi connectivity index (χ0) is 17.3. The molecule has 0 aliphatic rings. The molecule has 0 saturated carbocycles. The van der Waals surface area contributed by atoms with Gasteiger partial charge in [-0.15, -0.1) is 0 Å². The maximum atomic E-state index is 12.3. The van der Waals surface area contributed by atoms with Gasteiger partial charge in [-0.05, 0) is 71.3 Å². The summed E-state index contributed by atoms with van der Waals surface area (Å²) in [6.07, 6.45) is 0. The Labute approximate surface area is 157 Å². The molecular weight excluding hydrogens is 406 g/mol. The molecule has 1 amide bonds. The minimum Gasteiger partial charge on any atom is -0.308 e. The van der Waals surface area contributed by atoms with Crippen LogP contribution in [0.1, 0.15) is 21.5 Å². The van der Waals surface area contributed by atoms with Crippen molar-refractivity contribution in [1.82, 2.24) is 10.3 Å². The van der Waals surface area contributed by atoms with Crippen molar-refractivity contribution in [2.24, 2.45) is 0 Å². The number of anilines is 1. The van der Waals surface area contributed by atoms with Gasteiger partial charge in [-0.1, -0.05) is 29.5 Å². The van der Waals surface area contributed by atoms with Crippen molar-refractivity contribution in [2.45, 2.75) is 13.8 Å². The quantitative estimate of drug-likeness (QED) is 0.585. The number of carbonyl (C=O) groups is 1. The molecule has 7 heteroatoms. The topological polar surface area (TPSA) is 54.0 Å². The molecule has 0 bridgehead atoms. The van der Waals surface area contributed by atoms with E-state index in [1.807, 2.05) is 19.1 Å². The fourth-order valence-electron chi connectivity index (χ4n) is 2.37. The van der Waals surface area contributed by atoms with Crippen LogP contribution in [0.25, 0.3) is 10.2 Å². The van der Waals surface area contributed by atoms with Crippen molar-refractivity contribution < 1.29 is 4.79 Å². The molecule has 2 aromatic carbocycles. The number of halogens is 1. The number of rotatable bonds is 2. The van der Waals surface area contributed by atoms with Crippen molar-refractivity contribution in [3.8, 4) is 0 Å².